The van der Waals surface area contributed by atoms with Gasteiger partial charge in [-0.1, -0.05) is 57.9 Å². The van der Waals surface area contributed by atoms with Gasteiger partial charge in [-0.25, -0.2) is 0 Å². The van der Waals surface area contributed by atoms with Crippen LogP contribution >= 0.6 is 0 Å². The summed E-state index contributed by atoms with van der Waals surface area (Å²) in [5.41, 5.74) is 3.42. The quantitative estimate of drug-likeness (QED) is 0.599. The Hall–Kier alpha value is -0.820. The van der Waals surface area contributed by atoms with Crippen molar-refractivity contribution in [2.45, 2.75) is 64.6 Å². The van der Waals surface area contributed by atoms with E-state index >= 15 is 0 Å². The standard InChI is InChI=1S/C19H26O/c1-19(2,3)16-12-8-4-6-10-14(12)17-18(20-17)15-11-7-5-9-13(15)16/h4,6,8,10,13,15-18H,5,7,9,11H2,1-3H3. The molecule has 3 aliphatic rings. The molecule has 0 radical (unpaired) electrons. The number of rotatable bonds is 0. The van der Waals surface area contributed by atoms with Crippen molar-refractivity contribution in [1.29, 1.82) is 0 Å². The fourth-order valence-electron chi connectivity index (χ4n) is 5.10. The van der Waals surface area contributed by atoms with Crippen LogP contribution in [0, 0.1) is 17.3 Å². The highest BCUT2D eigenvalue weighted by atomic mass is 16.6. The summed E-state index contributed by atoms with van der Waals surface area (Å²) in [5, 5.41) is 0. The summed E-state index contributed by atoms with van der Waals surface area (Å²) in [7, 11) is 0. The van der Waals surface area contributed by atoms with E-state index in [0.717, 1.165) is 11.8 Å². The van der Waals surface area contributed by atoms with Gasteiger partial charge in [0, 0.05) is 0 Å². The van der Waals surface area contributed by atoms with Crippen molar-refractivity contribution in [1.82, 2.24) is 0 Å². The molecule has 0 N–H and O–H groups in total. The molecule has 5 unspecified atom stereocenters. The second-order valence-electron chi connectivity index (χ2n) is 8.11. The molecule has 108 valence electrons. The van der Waals surface area contributed by atoms with E-state index < -0.39 is 0 Å². The SMILES string of the molecule is CC(C)(C)C1c2ccccc2C2OC2C2CCCCC21. The van der Waals surface area contributed by atoms with Gasteiger partial charge < -0.3 is 4.74 Å². The summed E-state index contributed by atoms with van der Waals surface area (Å²) in [6.07, 6.45) is 6.52. The Morgan fingerprint density at radius 2 is 1.60 bits per heavy atom. The molecule has 1 heterocycles. The maximum Gasteiger partial charge on any atom is 0.110 e. The van der Waals surface area contributed by atoms with Crippen molar-refractivity contribution in [3.8, 4) is 0 Å². The number of hydrogen-bond acceptors (Lipinski definition) is 1. The zero-order valence-corrected chi connectivity index (χ0v) is 12.9. The second-order valence-corrected chi connectivity index (χ2v) is 8.11. The number of hydrogen-bond donors (Lipinski definition) is 0. The molecule has 2 aliphatic carbocycles. The topological polar surface area (TPSA) is 12.5 Å². The fraction of sp³-hybridized carbons (Fsp3) is 0.684. The Morgan fingerprint density at radius 1 is 0.950 bits per heavy atom. The minimum Gasteiger partial charge on any atom is -0.364 e. The molecule has 1 aromatic carbocycles. The lowest BCUT2D eigenvalue weighted by molar-refractivity contribution is 0.107. The lowest BCUT2D eigenvalue weighted by Gasteiger charge is -2.43. The van der Waals surface area contributed by atoms with Crippen molar-refractivity contribution in [2.24, 2.45) is 17.3 Å². The van der Waals surface area contributed by atoms with E-state index in [-0.39, 0.29) is 0 Å². The smallest absolute Gasteiger partial charge is 0.110 e. The van der Waals surface area contributed by atoms with Gasteiger partial charge in [-0.05, 0) is 47.1 Å². The molecule has 20 heavy (non-hydrogen) atoms. The summed E-state index contributed by atoms with van der Waals surface area (Å²) in [6, 6.07) is 9.10. The van der Waals surface area contributed by atoms with Crippen molar-refractivity contribution in [3.63, 3.8) is 0 Å². The molecule has 0 bridgehead atoms. The highest BCUT2D eigenvalue weighted by molar-refractivity contribution is 5.39. The summed E-state index contributed by atoms with van der Waals surface area (Å²) in [4.78, 5) is 0. The Morgan fingerprint density at radius 3 is 2.30 bits per heavy atom. The Kier molecular flexibility index (Phi) is 2.79. The van der Waals surface area contributed by atoms with Gasteiger partial charge in [0.25, 0.3) is 0 Å². The first-order valence-corrected chi connectivity index (χ1v) is 8.31. The fourth-order valence-corrected chi connectivity index (χ4v) is 5.10. The molecule has 5 atom stereocenters. The second kappa shape index (κ2) is 4.34. The summed E-state index contributed by atoms with van der Waals surface area (Å²) in [6.45, 7) is 7.29. The van der Waals surface area contributed by atoms with Crippen LogP contribution in [0.4, 0.5) is 0 Å². The minimum absolute atomic E-state index is 0.340. The highest BCUT2D eigenvalue weighted by Gasteiger charge is 2.55. The molecule has 0 amide bonds. The number of epoxide rings is 1. The third kappa shape index (κ3) is 1.86. The molecule has 0 aromatic heterocycles. The van der Waals surface area contributed by atoms with E-state index in [1.165, 1.54) is 31.2 Å². The van der Waals surface area contributed by atoms with Crippen LogP contribution in [0.1, 0.15) is 69.6 Å². The first-order valence-electron chi connectivity index (χ1n) is 8.31. The van der Waals surface area contributed by atoms with Gasteiger partial charge in [-0.2, -0.15) is 0 Å². The summed E-state index contributed by atoms with van der Waals surface area (Å²) < 4.78 is 6.11. The number of benzene rings is 1. The molecule has 1 saturated heterocycles. The summed E-state index contributed by atoms with van der Waals surface area (Å²) in [5.74, 6) is 2.31. The first-order chi connectivity index (χ1) is 9.57. The monoisotopic (exact) mass is 270 g/mol. The molecular weight excluding hydrogens is 244 g/mol. The van der Waals surface area contributed by atoms with Gasteiger partial charge in [-0.15, -0.1) is 0 Å². The Balaban J connectivity index is 1.86. The van der Waals surface area contributed by atoms with Gasteiger partial charge >= 0.3 is 0 Å². The lowest BCUT2D eigenvalue weighted by Crippen LogP contribution is -2.34. The van der Waals surface area contributed by atoms with E-state index in [2.05, 4.69) is 45.0 Å². The Labute approximate surface area is 122 Å². The van der Waals surface area contributed by atoms with E-state index in [4.69, 9.17) is 4.74 Å². The van der Waals surface area contributed by atoms with E-state index in [1.54, 1.807) is 5.56 Å². The molecule has 1 nitrogen and oxygen atoms in total. The molecule has 0 spiro atoms. The molecular formula is C19H26O. The van der Waals surface area contributed by atoms with Crippen LogP contribution in [0.2, 0.25) is 0 Å². The molecule has 1 aliphatic heterocycles. The molecule has 2 fully saturated rings. The van der Waals surface area contributed by atoms with Crippen LogP contribution in [-0.4, -0.2) is 6.10 Å². The van der Waals surface area contributed by atoms with Crippen LogP contribution in [0.15, 0.2) is 24.3 Å². The van der Waals surface area contributed by atoms with E-state index in [1.807, 2.05) is 0 Å². The minimum atomic E-state index is 0.340. The van der Waals surface area contributed by atoms with Crippen LogP contribution < -0.4 is 0 Å². The van der Waals surface area contributed by atoms with Crippen LogP contribution in [0.5, 0.6) is 0 Å². The maximum atomic E-state index is 6.11. The third-order valence-electron chi connectivity index (χ3n) is 5.82. The van der Waals surface area contributed by atoms with Gasteiger partial charge in [0.1, 0.15) is 6.10 Å². The number of ether oxygens (including phenoxy) is 1. The highest BCUT2D eigenvalue weighted by Crippen LogP contribution is 2.60. The van der Waals surface area contributed by atoms with Crippen molar-refractivity contribution < 1.29 is 4.74 Å². The molecule has 1 saturated carbocycles. The predicted octanol–water partition coefficient (Wildman–Crippen LogP) is 5.08. The third-order valence-corrected chi connectivity index (χ3v) is 5.82. The predicted molar refractivity (Wildman–Crippen MR) is 81.7 cm³/mol. The van der Waals surface area contributed by atoms with Crippen molar-refractivity contribution >= 4 is 0 Å². The average molecular weight is 270 g/mol. The normalized spacial score (nSPS) is 39.2. The lowest BCUT2D eigenvalue weighted by atomic mass is 9.62. The maximum absolute atomic E-state index is 6.11. The van der Waals surface area contributed by atoms with Crippen molar-refractivity contribution in [3.05, 3.63) is 35.4 Å². The molecule has 4 rings (SSSR count). The summed E-state index contributed by atoms with van der Waals surface area (Å²) >= 11 is 0. The van der Waals surface area contributed by atoms with Crippen LogP contribution in [-0.2, 0) is 4.74 Å². The zero-order valence-electron chi connectivity index (χ0n) is 12.9. The van der Waals surface area contributed by atoms with Crippen LogP contribution in [0.25, 0.3) is 0 Å². The van der Waals surface area contributed by atoms with Crippen LogP contribution in [0.3, 0.4) is 0 Å². The first kappa shape index (κ1) is 12.9. The molecule has 1 heteroatoms. The molecule has 1 aromatic rings. The van der Waals surface area contributed by atoms with Gasteiger partial charge in [0.15, 0.2) is 0 Å². The average Bonchev–Trinajstić information content (AvgIpc) is 3.18. The van der Waals surface area contributed by atoms with E-state index in [0.29, 0.717) is 23.5 Å². The van der Waals surface area contributed by atoms with Crippen molar-refractivity contribution in [2.75, 3.05) is 0 Å². The number of fused-ring (bicyclic) bond motifs is 5. The largest absolute Gasteiger partial charge is 0.364 e. The Bertz CT molecular complexity index is 513. The van der Waals surface area contributed by atoms with Gasteiger partial charge in [0.05, 0.1) is 6.10 Å². The zero-order chi connectivity index (χ0) is 13.9. The van der Waals surface area contributed by atoms with Gasteiger partial charge in [-0.3, -0.25) is 0 Å². The van der Waals surface area contributed by atoms with E-state index in [9.17, 15) is 0 Å². The van der Waals surface area contributed by atoms with Gasteiger partial charge in [0.2, 0.25) is 0 Å².